The van der Waals surface area contributed by atoms with Crippen molar-refractivity contribution in [3.63, 3.8) is 0 Å². The number of hydrogen-bond donors (Lipinski definition) is 0. The van der Waals surface area contributed by atoms with Crippen LogP contribution in [0.5, 0.6) is 11.8 Å². The maximum absolute atomic E-state index is 13.3. The van der Waals surface area contributed by atoms with Crippen LogP contribution >= 0.6 is 0 Å². The highest BCUT2D eigenvalue weighted by Gasteiger charge is 2.32. The third kappa shape index (κ3) is 3.78. The highest BCUT2D eigenvalue weighted by Crippen LogP contribution is 2.48. The number of benzene rings is 1. The molecule has 36 heavy (non-hydrogen) atoms. The Labute approximate surface area is 206 Å². The summed E-state index contributed by atoms with van der Waals surface area (Å²) < 4.78 is 42.8. The summed E-state index contributed by atoms with van der Waals surface area (Å²) in [5.41, 5.74) is 5.11. The van der Waals surface area contributed by atoms with Crippen LogP contribution in [0, 0.1) is 6.92 Å². The normalized spacial score (nSPS) is 13.2. The van der Waals surface area contributed by atoms with Crippen molar-refractivity contribution < 1.29 is 18.3 Å². The van der Waals surface area contributed by atoms with Gasteiger partial charge in [0.2, 0.25) is 11.8 Å². The van der Waals surface area contributed by atoms with Crippen LogP contribution in [-0.2, 0) is 20.1 Å². The number of rotatable bonds is 6. The third-order valence-corrected chi connectivity index (χ3v) is 6.30. The standard InChI is InChI=1S/C26H24F2N6O2/c1-16-20(25-34(30-16)12-7-13-35-25)22-21(19-15-32(2)31-24(19)36-26(27)28)18-10-6-11-33(23(18)29-22)14-17-8-4-3-5-9-17/h3-6,8-11,15,26H,7,12-14H2,1-2H3. The van der Waals surface area contributed by atoms with Gasteiger partial charge in [-0.15, -0.1) is 5.10 Å². The molecular formula is C26H24F2N6O2. The minimum absolute atomic E-state index is 0.152. The summed E-state index contributed by atoms with van der Waals surface area (Å²) >= 11 is 0. The van der Waals surface area contributed by atoms with E-state index in [-0.39, 0.29) is 5.88 Å². The number of hydrogen-bond acceptors (Lipinski definition) is 5. The fourth-order valence-electron chi connectivity index (χ4n) is 4.84. The summed E-state index contributed by atoms with van der Waals surface area (Å²) in [6.45, 7) is 0.822. The predicted octanol–water partition coefficient (Wildman–Crippen LogP) is 4.99. The molecule has 0 spiro atoms. The molecule has 0 radical (unpaired) electrons. The van der Waals surface area contributed by atoms with Crippen LogP contribution in [-0.4, -0.2) is 42.3 Å². The first-order valence-electron chi connectivity index (χ1n) is 11.7. The molecule has 0 N–H and O–H groups in total. The molecule has 0 amide bonds. The summed E-state index contributed by atoms with van der Waals surface area (Å²) in [4.78, 5) is 5.08. The average Bonchev–Trinajstić information content (AvgIpc) is 3.51. The zero-order valence-electron chi connectivity index (χ0n) is 19.9. The largest absolute Gasteiger partial charge is 0.477 e. The molecule has 1 aromatic carbocycles. The van der Waals surface area contributed by atoms with E-state index in [9.17, 15) is 8.78 Å². The molecule has 0 atom stereocenters. The van der Waals surface area contributed by atoms with Crippen LogP contribution in [0.15, 0.2) is 54.9 Å². The first-order valence-corrected chi connectivity index (χ1v) is 11.7. The Morgan fingerprint density at radius 3 is 2.69 bits per heavy atom. The van der Waals surface area contributed by atoms with Crippen molar-refractivity contribution in [1.82, 2.24) is 29.1 Å². The monoisotopic (exact) mass is 490 g/mol. The van der Waals surface area contributed by atoms with Crippen molar-refractivity contribution in [3.05, 3.63) is 66.1 Å². The number of aryl methyl sites for hydroxylation is 3. The minimum Gasteiger partial charge on any atom is -0.477 e. The van der Waals surface area contributed by atoms with Gasteiger partial charge in [-0.2, -0.15) is 13.9 Å². The van der Waals surface area contributed by atoms with E-state index >= 15 is 0 Å². The van der Waals surface area contributed by atoms with E-state index in [1.54, 1.807) is 13.2 Å². The Hall–Kier alpha value is -4.21. The third-order valence-electron chi connectivity index (χ3n) is 6.30. The number of ether oxygens (including phenoxy) is 2. The van der Waals surface area contributed by atoms with Crippen LogP contribution in [0.2, 0.25) is 0 Å². The molecule has 5 heterocycles. The summed E-state index contributed by atoms with van der Waals surface area (Å²) in [6, 6.07) is 13.9. The average molecular weight is 491 g/mol. The zero-order chi connectivity index (χ0) is 24.8. The molecule has 0 aliphatic carbocycles. The van der Waals surface area contributed by atoms with Crippen molar-refractivity contribution in [1.29, 1.82) is 0 Å². The summed E-state index contributed by atoms with van der Waals surface area (Å²) in [6.07, 6.45) is 4.51. The molecule has 0 fully saturated rings. The molecule has 0 unspecified atom stereocenters. The number of halogens is 2. The number of nitrogens with zero attached hydrogens (tertiary/aromatic N) is 6. The van der Waals surface area contributed by atoms with Crippen LogP contribution in [0.4, 0.5) is 8.78 Å². The molecular weight excluding hydrogens is 466 g/mol. The Morgan fingerprint density at radius 2 is 1.89 bits per heavy atom. The van der Waals surface area contributed by atoms with Gasteiger partial charge in [-0.25, -0.2) is 9.67 Å². The van der Waals surface area contributed by atoms with Gasteiger partial charge in [0, 0.05) is 50.1 Å². The predicted molar refractivity (Wildman–Crippen MR) is 129 cm³/mol. The van der Waals surface area contributed by atoms with E-state index in [0.29, 0.717) is 41.7 Å². The van der Waals surface area contributed by atoms with Crippen molar-refractivity contribution in [2.45, 2.75) is 33.0 Å². The molecule has 6 rings (SSSR count). The molecule has 3 aliphatic rings. The van der Waals surface area contributed by atoms with Gasteiger partial charge >= 0.3 is 6.61 Å². The van der Waals surface area contributed by atoms with Crippen LogP contribution in [0.25, 0.3) is 33.8 Å². The van der Waals surface area contributed by atoms with Gasteiger partial charge in [0.1, 0.15) is 5.82 Å². The van der Waals surface area contributed by atoms with Gasteiger partial charge in [-0.1, -0.05) is 30.3 Å². The van der Waals surface area contributed by atoms with E-state index in [4.69, 9.17) is 14.5 Å². The van der Waals surface area contributed by atoms with Gasteiger partial charge in [-0.3, -0.25) is 4.68 Å². The highest BCUT2D eigenvalue weighted by atomic mass is 19.3. The molecule has 0 saturated heterocycles. The second kappa shape index (κ2) is 8.78. The lowest BCUT2D eigenvalue weighted by Gasteiger charge is -2.16. The molecule has 0 bridgehead atoms. The van der Waals surface area contributed by atoms with Gasteiger partial charge < -0.3 is 14.0 Å². The zero-order valence-corrected chi connectivity index (χ0v) is 19.9. The minimum atomic E-state index is -3.01. The maximum atomic E-state index is 13.3. The van der Waals surface area contributed by atoms with E-state index < -0.39 is 6.61 Å². The molecule has 3 aromatic rings. The number of fused-ring (bicyclic) bond motifs is 2. The van der Waals surface area contributed by atoms with Crippen molar-refractivity contribution in [3.8, 4) is 45.5 Å². The molecule has 3 aliphatic heterocycles. The molecule has 8 nitrogen and oxygen atoms in total. The van der Waals surface area contributed by atoms with Crippen LogP contribution < -0.4 is 9.47 Å². The lowest BCUT2D eigenvalue weighted by atomic mass is 9.99. The smallest absolute Gasteiger partial charge is 0.388 e. The van der Waals surface area contributed by atoms with Crippen molar-refractivity contribution >= 4 is 0 Å². The van der Waals surface area contributed by atoms with Crippen LogP contribution in [0.1, 0.15) is 17.7 Å². The first kappa shape index (κ1) is 22.3. The summed E-state index contributed by atoms with van der Waals surface area (Å²) in [5.74, 6) is 1.20. The quantitative estimate of drug-likeness (QED) is 0.335. The van der Waals surface area contributed by atoms with Gasteiger partial charge in [-0.05, 0) is 24.6 Å². The first-order chi connectivity index (χ1) is 17.5. The second-order valence-corrected chi connectivity index (χ2v) is 8.79. The number of pyridine rings is 1. The van der Waals surface area contributed by atoms with Gasteiger partial charge in [0.25, 0.3) is 0 Å². The highest BCUT2D eigenvalue weighted by molar-refractivity contribution is 5.97. The fraction of sp³-hybridized carbons (Fsp3) is 0.269. The Bertz CT molecular complexity index is 1500. The SMILES string of the molecule is Cc1nn2c(c1-c1nc3n(Cc4ccccc4)cccc-3c1-c1cn(C)nc1OC(F)F)OCCC2. The van der Waals surface area contributed by atoms with E-state index in [2.05, 4.69) is 22.3 Å². The lowest BCUT2D eigenvalue weighted by Crippen LogP contribution is -2.15. The fourth-order valence-corrected chi connectivity index (χ4v) is 4.84. The van der Waals surface area contributed by atoms with E-state index in [1.807, 2.05) is 52.7 Å². The maximum Gasteiger partial charge on any atom is 0.388 e. The Morgan fingerprint density at radius 1 is 1.06 bits per heavy atom. The lowest BCUT2D eigenvalue weighted by molar-refractivity contribution is -0.0527. The van der Waals surface area contributed by atoms with Crippen molar-refractivity contribution in [2.24, 2.45) is 7.05 Å². The van der Waals surface area contributed by atoms with Crippen molar-refractivity contribution in [2.75, 3.05) is 6.61 Å². The summed E-state index contributed by atoms with van der Waals surface area (Å²) in [5, 5.41) is 8.84. The number of aromatic nitrogens is 6. The topological polar surface area (TPSA) is 71.9 Å². The molecule has 10 heteroatoms. The van der Waals surface area contributed by atoms with Crippen LogP contribution in [0.3, 0.4) is 0 Å². The van der Waals surface area contributed by atoms with Gasteiger partial charge in [0.05, 0.1) is 29.1 Å². The number of alkyl halides is 2. The summed E-state index contributed by atoms with van der Waals surface area (Å²) in [7, 11) is 1.67. The van der Waals surface area contributed by atoms with Gasteiger partial charge in [0.15, 0.2) is 0 Å². The second-order valence-electron chi connectivity index (χ2n) is 8.79. The molecule has 2 aromatic heterocycles. The molecule has 184 valence electrons. The van der Waals surface area contributed by atoms with E-state index in [0.717, 1.165) is 35.3 Å². The Kier molecular flexibility index (Phi) is 5.43. The molecule has 0 saturated carbocycles. The van der Waals surface area contributed by atoms with E-state index in [1.165, 1.54) is 4.68 Å². The Balaban J connectivity index is 1.61.